The highest BCUT2D eigenvalue weighted by Crippen LogP contribution is 2.46. The first-order chi connectivity index (χ1) is 29.4. The fourth-order valence-electron chi connectivity index (χ4n) is 10.2. The maximum absolute atomic E-state index is 14.1. The zero-order valence-electron chi connectivity index (χ0n) is 34.9. The van der Waals surface area contributed by atoms with E-state index in [9.17, 15) is 28.8 Å². The number of hydrogen-bond acceptors (Lipinski definition) is 9. The summed E-state index contributed by atoms with van der Waals surface area (Å²) in [5.74, 6) is -1.98. The third kappa shape index (κ3) is 6.94. The van der Waals surface area contributed by atoms with E-state index in [1.807, 2.05) is 17.0 Å². The Morgan fingerprint density at radius 1 is 0.885 bits per heavy atom. The van der Waals surface area contributed by atoms with Gasteiger partial charge in [-0.2, -0.15) is 0 Å². The van der Waals surface area contributed by atoms with E-state index in [0.29, 0.717) is 55.5 Å². The van der Waals surface area contributed by atoms with Gasteiger partial charge >= 0.3 is 0 Å². The van der Waals surface area contributed by atoms with Crippen LogP contribution in [0.3, 0.4) is 0 Å². The maximum Gasteiger partial charge on any atom is 0.262 e. The van der Waals surface area contributed by atoms with Crippen LogP contribution in [0.1, 0.15) is 113 Å². The minimum absolute atomic E-state index is 0.0385. The van der Waals surface area contributed by atoms with Crippen LogP contribution in [0, 0.1) is 6.57 Å². The zero-order valence-corrected chi connectivity index (χ0v) is 34.9. The third-order valence-corrected chi connectivity index (χ3v) is 13.6. The number of fused-ring (bicyclic) bond motifs is 5. The predicted octanol–water partition coefficient (Wildman–Crippen LogP) is 5.56. The number of carbonyl (C=O) groups excluding carboxylic acids is 6. The number of imide groups is 2. The molecule has 14 heteroatoms. The molecule has 0 radical (unpaired) electrons. The van der Waals surface area contributed by atoms with Crippen molar-refractivity contribution in [2.75, 3.05) is 56.0 Å². The molecule has 5 heterocycles. The number of aromatic nitrogens is 1. The van der Waals surface area contributed by atoms with Crippen LogP contribution < -0.4 is 15.5 Å². The van der Waals surface area contributed by atoms with Gasteiger partial charge in [0.15, 0.2) is 11.5 Å². The molecule has 1 aromatic heterocycles. The van der Waals surface area contributed by atoms with Gasteiger partial charge in [-0.3, -0.25) is 43.9 Å². The highest BCUT2D eigenvalue weighted by molar-refractivity contribution is 6.24. The van der Waals surface area contributed by atoms with Crippen molar-refractivity contribution in [1.82, 2.24) is 25.0 Å². The SMILES string of the molecule is [C-]#[N+]c1ccc2c3c([nH]c2c1)C(C)(C)c1cc(N2CCC(N4CCN(C(=O)CCCNc5ccc6c(c5)C(=O)N(C5CCC(=O)NC5=O)C6=O)CC4)CC2)c(CC)cc1C3=O. The molecule has 4 aliphatic heterocycles. The Bertz CT molecular complexity index is 2570. The van der Waals surface area contributed by atoms with Gasteiger partial charge in [0.1, 0.15) is 6.04 Å². The number of nitrogens with one attached hydrogen (secondary N) is 3. The number of carbonyl (C=O) groups is 6. The Balaban J connectivity index is 0.758. The summed E-state index contributed by atoms with van der Waals surface area (Å²) in [6.07, 6.45) is 4.03. The first-order valence-electron chi connectivity index (χ1n) is 21.5. The molecular weight excluding hydrogens is 773 g/mol. The molecule has 0 spiro atoms. The number of rotatable bonds is 9. The molecule has 5 amide bonds. The van der Waals surface area contributed by atoms with E-state index in [2.05, 4.69) is 63.2 Å². The summed E-state index contributed by atoms with van der Waals surface area (Å²) in [5.41, 5.74) is 7.84. The summed E-state index contributed by atoms with van der Waals surface area (Å²) in [6, 6.07) is 14.2. The van der Waals surface area contributed by atoms with Gasteiger partial charge in [-0.1, -0.05) is 32.9 Å². The quantitative estimate of drug-likeness (QED) is 0.112. The Labute approximate surface area is 354 Å². The molecule has 5 aliphatic rings. The van der Waals surface area contributed by atoms with Crippen LogP contribution in [-0.4, -0.2) is 113 Å². The highest BCUT2D eigenvalue weighted by atomic mass is 16.2. The Hall–Kier alpha value is -6.33. The first kappa shape index (κ1) is 40.1. The van der Waals surface area contributed by atoms with E-state index in [4.69, 9.17) is 6.57 Å². The zero-order chi connectivity index (χ0) is 42.7. The standard InChI is InChI=1S/C47H50N8O6/c1-5-27-23-34-35(47(2,3)43-41(42(34)58)32-11-8-28(48-4)25-36(32)50-43)26-38(27)53-17-14-30(15-18-53)52-19-21-54(22-20-52)40(57)7-6-16-49-29-9-10-31-33(24-29)46(61)55(45(31)60)37-12-13-39(56)51-44(37)59/h8-11,23-26,30,37,49-50H,5-7,12-22H2,1-3H3,(H,51,56,59). The van der Waals surface area contributed by atoms with Gasteiger partial charge < -0.3 is 20.1 Å². The molecule has 0 bridgehead atoms. The van der Waals surface area contributed by atoms with Crippen molar-refractivity contribution in [3.63, 3.8) is 0 Å². The van der Waals surface area contributed by atoms with Crippen molar-refractivity contribution in [2.24, 2.45) is 0 Å². The molecule has 0 saturated carbocycles. The van der Waals surface area contributed by atoms with E-state index < -0.39 is 35.1 Å². The molecule has 3 aromatic carbocycles. The van der Waals surface area contributed by atoms with Crippen LogP contribution in [0.15, 0.2) is 48.5 Å². The lowest BCUT2D eigenvalue weighted by Crippen LogP contribution is -2.54. The smallest absolute Gasteiger partial charge is 0.262 e. The van der Waals surface area contributed by atoms with Crippen molar-refractivity contribution in [3.05, 3.63) is 99.0 Å². The number of aromatic amines is 1. The lowest BCUT2D eigenvalue weighted by atomic mass is 9.70. The lowest BCUT2D eigenvalue weighted by molar-refractivity contribution is -0.136. The van der Waals surface area contributed by atoms with Crippen LogP contribution in [0.25, 0.3) is 15.7 Å². The number of aryl methyl sites for hydroxylation is 1. The number of nitrogens with zero attached hydrogens (tertiary/aromatic N) is 5. The van der Waals surface area contributed by atoms with Crippen molar-refractivity contribution >= 4 is 63.3 Å². The van der Waals surface area contributed by atoms with Gasteiger partial charge in [-0.15, -0.1) is 0 Å². The molecule has 1 unspecified atom stereocenters. The first-order valence-corrected chi connectivity index (χ1v) is 21.5. The monoisotopic (exact) mass is 822 g/mol. The number of anilines is 2. The van der Waals surface area contributed by atoms with Crippen molar-refractivity contribution < 1.29 is 28.8 Å². The second-order valence-electron chi connectivity index (χ2n) is 17.4. The van der Waals surface area contributed by atoms with E-state index in [0.717, 1.165) is 78.1 Å². The van der Waals surface area contributed by atoms with Crippen molar-refractivity contribution in [1.29, 1.82) is 0 Å². The summed E-state index contributed by atoms with van der Waals surface area (Å²) in [5, 5.41) is 6.35. The number of ketones is 1. The normalized spacial score (nSPS) is 20.4. The van der Waals surface area contributed by atoms with E-state index in [-0.39, 0.29) is 35.7 Å². The fraction of sp³-hybridized carbons (Fsp3) is 0.426. The summed E-state index contributed by atoms with van der Waals surface area (Å²) in [7, 11) is 0. The lowest BCUT2D eigenvalue weighted by Gasteiger charge is -2.44. The Kier molecular flexibility index (Phi) is 10.3. The topological polar surface area (TPSA) is 160 Å². The van der Waals surface area contributed by atoms with E-state index in [1.165, 1.54) is 11.3 Å². The predicted molar refractivity (Wildman–Crippen MR) is 230 cm³/mol. The van der Waals surface area contributed by atoms with E-state index in [1.54, 1.807) is 24.3 Å². The maximum atomic E-state index is 14.1. The summed E-state index contributed by atoms with van der Waals surface area (Å²) >= 11 is 0. The van der Waals surface area contributed by atoms with E-state index >= 15 is 0 Å². The average molecular weight is 823 g/mol. The van der Waals surface area contributed by atoms with Gasteiger partial charge in [0.2, 0.25) is 17.7 Å². The minimum Gasteiger partial charge on any atom is -0.385 e. The molecule has 61 heavy (non-hydrogen) atoms. The molecule has 1 aliphatic carbocycles. The molecule has 3 saturated heterocycles. The number of amides is 5. The summed E-state index contributed by atoms with van der Waals surface area (Å²) < 4.78 is 0. The van der Waals surface area contributed by atoms with Crippen LogP contribution in [-0.2, 0) is 26.2 Å². The molecular formula is C47H50N8O6. The Morgan fingerprint density at radius 2 is 1.64 bits per heavy atom. The van der Waals surface area contributed by atoms with Gasteiger partial charge in [0.25, 0.3) is 11.8 Å². The van der Waals surface area contributed by atoms with Crippen LogP contribution in [0.5, 0.6) is 0 Å². The molecule has 4 aromatic rings. The molecule has 9 rings (SSSR count). The number of H-pyrrole nitrogens is 1. The van der Waals surface area contributed by atoms with Crippen LogP contribution in [0.4, 0.5) is 17.1 Å². The molecule has 14 nitrogen and oxygen atoms in total. The van der Waals surface area contributed by atoms with Crippen LogP contribution >= 0.6 is 0 Å². The number of piperidine rings is 2. The van der Waals surface area contributed by atoms with Gasteiger partial charge in [-0.05, 0) is 79.6 Å². The molecule has 3 N–H and O–H groups in total. The third-order valence-electron chi connectivity index (χ3n) is 13.6. The summed E-state index contributed by atoms with van der Waals surface area (Å²) in [4.78, 5) is 92.6. The number of hydrogen-bond donors (Lipinski definition) is 3. The molecule has 1 atom stereocenters. The van der Waals surface area contributed by atoms with Crippen LogP contribution in [0.2, 0.25) is 0 Å². The van der Waals surface area contributed by atoms with Gasteiger partial charge in [0.05, 0.1) is 23.3 Å². The second kappa shape index (κ2) is 15.6. The Morgan fingerprint density at radius 3 is 2.36 bits per heavy atom. The summed E-state index contributed by atoms with van der Waals surface area (Å²) in [6.45, 7) is 19.4. The number of benzene rings is 3. The molecule has 314 valence electrons. The van der Waals surface area contributed by atoms with Crippen molar-refractivity contribution in [2.45, 2.75) is 83.2 Å². The largest absolute Gasteiger partial charge is 0.385 e. The van der Waals surface area contributed by atoms with Gasteiger partial charge in [0, 0.05) is 104 Å². The highest BCUT2D eigenvalue weighted by Gasteiger charge is 2.45. The van der Waals surface area contributed by atoms with Gasteiger partial charge in [-0.25, -0.2) is 4.85 Å². The number of piperazine rings is 1. The minimum atomic E-state index is -1.01. The fourth-order valence-corrected chi connectivity index (χ4v) is 10.2. The average Bonchev–Trinajstić information content (AvgIpc) is 3.78. The molecule has 3 fully saturated rings. The second-order valence-corrected chi connectivity index (χ2v) is 17.4. The van der Waals surface area contributed by atoms with Crippen molar-refractivity contribution in [3.8, 4) is 0 Å².